The van der Waals surface area contributed by atoms with E-state index in [4.69, 9.17) is 9.72 Å². The number of hydrogen-bond acceptors (Lipinski definition) is 6. The molecular formula is C20H22N4O3S. The normalized spacial score (nSPS) is 13.8. The predicted octanol–water partition coefficient (Wildman–Crippen LogP) is 2.83. The molecule has 0 aliphatic carbocycles. The van der Waals surface area contributed by atoms with Gasteiger partial charge in [-0.2, -0.15) is 0 Å². The van der Waals surface area contributed by atoms with Gasteiger partial charge in [0.15, 0.2) is 0 Å². The summed E-state index contributed by atoms with van der Waals surface area (Å²) in [7, 11) is 1.56. The third kappa shape index (κ3) is 3.40. The Bertz CT molecular complexity index is 1090. The average Bonchev–Trinajstić information content (AvgIpc) is 2.88. The quantitative estimate of drug-likeness (QED) is 0.730. The first-order valence-corrected chi connectivity index (χ1v) is 10.2. The molecule has 1 aliphatic rings. The Kier molecular flexibility index (Phi) is 5.13. The number of thiophene rings is 1. The smallest absolute Gasteiger partial charge is 0.262 e. The van der Waals surface area contributed by atoms with E-state index in [1.54, 1.807) is 23.9 Å². The van der Waals surface area contributed by atoms with Crippen LogP contribution in [-0.4, -0.2) is 27.6 Å². The zero-order valence-corrected chi connectivity index (χ0v) is 16.8. The van der Waals surface area contributed by atoms with Crippen molar-refractivity contribution in [2.24, 2.45) is 0 Å². The van der Waals surface area contributed by atoms with Gasteiger partial charge in [0.05, 0.1) is 17.4 Å². The lowest BCUT2D eigenvalue weighted by atomic mass is 10.2. The zero-order chi connectivity index (χ0) is 19.7. The molecule has 0 radical (unpaired) electrons. The van der Waals surface area contributed by atoms with Crippen LogP contribution in [0.1, 0.15) is 45.9 Å². The fourth-order valence-corrected chi connectivity index (χ4v) is 4.63. The van der Waals surface area contributed by atoms with Crippen LogP contribution >= 0.6 is 11.3 Å². The van der Waals surface area contributed by atoms with Gasteiger partial charge in [0.2, 0.25) is 5.88 Å². The second-order valence-electron chi connectivity index (χ2n) is 6.92. The van der Waals surface area contributed by atoms with E-state index >= 15 is 0 Å². The maximum atomic E-state index is 13.0. The van der Waals surface area contributed by atoms with Gasteiger partial charge < -0.3 is 10.1 Å². The Morgan fingerprint density at radius 3 is 2.93 bits per heavy atom. The first-order chi connectivity index (χ1) is 13.6. The Balaban J connectivity index is 1.61. The highest BCUT2D eigenvalue weighted by atomic mass is 32.1. The summed E-state index contributed by atoms with van der Waals surface area (Å²) in [6.07, 6.45) is 5.64. The van der Waals surface area contributed by atoms with E-state index in [1.165, 1.54) is 11.3 Å². The van der Waals surface area contributed by atoms with Gasteiger partial charge in [-0.1, -0.05) is 12.5 Å². The molecule has 7 nitrogen and oxygen atoms in total. The molecule has 0 saturated heterocycles. The number of fused-ring (bicyclic) bond motifs is 2. The molecule has 0 unspecified atom stereocenters. The lowest BCUT2D eigenvalue weighted by Gasteiger charge is -2.08. The van der Waals surface area contributed by atoms with Crippen molar-refractivity contribution in [3.05, 3.63) is 50.5 Å². The van der Waals surface area contributed by atoms with Crippen LogP contribution in [0.2, 0.25) is 0 Å². The fraction of sp³-hybridized carbons (Fsp3) is 0.400. The van der Waals surface area contributed by atoms with Gasteiger partial charge in [0.1, 0.15) is 10.7 Å². The summed E-state index contributed by atoms with van der Waals surface area (Å²) < 4.78 is 6.83. The van der Waals surface area contributed by atoms with Crippen LogP contribution in [0, 0.1) is 6.92 Å². The van der Waals surface area contributed by atoms with Crippen LogP contribution in [0.4, 0.5) is 0 Å². The molecule has 146 valence electrons. The van der Waals surface area contributed by atoms with Crippen molar-refractivity contribution in [2.45, 2.75) is 45.7 Å². The monoisotopic (exact) mass is 398 g/mol. The number of aryl methyl sites for hydroxylation is 2. The van der Waals surface area contributed by atoms with E-state index in [0.717, 1.165) is 37.1 Å². The van der Waals surface area contributed by atoms with Crippen molar-refractivity contribution in [3.63, 3.8) is 0 Å². The Labute approximate surface area is 166 Å². The molecule has 1 N–H and O–H groups in total. The highest BCUT2D eigenvalue weighted by Crippen LogP contribution is 2.28. The van der Waals surface area contributed by atoms with Gasteiger partial charge in [0, 0.05) is 31.8 Å². The minimum absolute atomic E-state index is 0.0194. The van der Waals surface area contributed by atoms with Gasteiger partial charge in [-0.25, -0.2) is 9.97 Å². The van der Waals surface area contributed by atoms with Crippen LogP contribution in [0.3, 0.4) is 0 Å². The van der Waals surface area contributed by atoms with Crippen molar-refractivity contribution < 1.29 is 9.53 Å². The highest BCUT2D eigenvalue weighted by Gasteiger charge is 2.22. The summed E-state index contributed by atoms with van der Waals surface area (Å²) in [5, 5.41) is 3.48. The SMILES string of the molecule is COc1ccc(CNC(=O)c2sc3nc4n(c(=O)c3c2C)CCCCC4)cn1. The first kappa shape index (κ1) is 18.6. The number of ether oxygens (including phenoxy) is 1. The molecule has 3 aromatic rings. The van der Waals surface area contributed by atoms with Crippen molar-refractivity contribution in [1.29, 1.82) is 0 Å². The maximum Gasteiger partial charge on any atom is 0.262 e. The number of rotatable bonds is 4. The van der Waals surface area contributed by atoms with Crippen molar-refractivity contribution in [2.75, 3.05) is 7.11 Å². The lowest BCUT2D eigenvalue weighted by Crippen LogP contribution is -2.25. The number of nitrogens with one attached hydrogen (secondary N) is 1. The minimum atomic E-state index is -0.198. The van der Waals surface area contributed by atoms with Crippen LogP contribution in [0.5, 0.6) is 5.88 Å². The summed E-state index contributed by atoms with van der Waals surface area (Å²) in [5.74, 6) is 1.17. The van der Waals surface area contributed by atoms with E-state index in [1.807, 2.05) is 13.0 Å². The third-order valence-electron chi connectivity index (χ3n) is 5.08. The van der Waals surface area contributed by atoms with E-state index in [-0.39, 0.29) is 11.5 Å². The van der Waals surface area contributed by atoms with E-state index in [0.29, 0.717) is 39.6 Å². The maximum absolute atomic E-state index is 13.0. The molecule has 0 aromatic carbocycles. The fourth-order valence-electron chi connectivity index (χ4n) is 3.53. The number of pyridine rings is 1. The number of aromatic nitrogens is 3. The van der Waals surface area contributed by atoms with Gasteiger partial charge >= 0.3 is 0 Å². The van der Waals surface area contributed by atoms with Gasteiger partial charge in [-0.3, -0.25) is 14.2 Å². The second kappa shape index (κ2) is 7.71. The second-order valence-corrected chi connectivity index (χ2v) is 7.92. The van der Waals surface area contributed by atoms with Crippen LogP contribution in [0.15, 0.2) is 23.1 Å². The Morgan fingerprint density at radius 1 is 1.32 bits per heavy atom. The summed E-state index contributed by atoms with van der Waals surface area (Å²) in [6, 6.07) is 3.61. The number of amides is 1. The molecule has 0 saturated carbocycles. The molecule has 4 rings (SSSR count). The molecule has 0 spiro atoms. The summed E-state index contributed by atoms with van der Waals surface area (Å²) in [6.45, 7) is 2.89. The van der Waals surface area contributed by atoms with Gasteiger partial charge in [-0.05, 0) is 30.9 Å². The summed E-state index contributed by atoms with van der Waals surface area (Å²) in [4.78, 5) is 35.8. The first-order valence-electron chi connectivity index (χ1n) is 9.38. The lowest BCUT2D eigenvalue weighted by molar-refractivity contribution is 0.0954. The van der Waals surface area contributed by atoms with Crippen LogP contribution in [0.25, 0.3) is 10.2 Å². The molecule has 0 fully saturated rings. The Hall–Kier alpha value is -2.74. The molecule has 0 atom stereocenters. The number of methoxy groups -OCH3 is 1. The molecule has 4 heterocycles. The van der Waals surface area contributed by atoms with E-state index in [9.17, 15) is 9.59 Å². The van der Waals surface area contributed by atoms with Crippen molar-refractivity contribution in [1.82, 2.24) is 19.9 Å². The van der Waals surface area contributed by atoms with Crippen LogP contribution in [-0.2, 0) is 19.5 Å². The third-order valence-corrected chi connectivity index (χ3v) is 6.26. The molecule has 8 heteroatoms. The van der Waals surface area contributed by atoms with Crippen molar-refractivity contribution >= 4 is 27.5 Å². The highest BCUT2D eigenvalue weighted by molar-refractivity contribution is 7.20. The van der Waals surface area contributed by atoms with Gasteiger partial charge in [0.25, 0.3) is 11.5 Å². The standard InChI is InChI=1S/C20H22N4O3S/c1-12-16-19(23-14-6-4-3-5-9-24(14)20(16)26)28-17(12)18(25)22-11-13-7-8-15(27-2)21-10-13/h7-8,10H,3-6,9,11H2,1-2H3,(H,22,25). The van der Waals surface area contributed by atoms with Crippen molar-refractivity contribution in [3.8, 4) is 5.88 Å². The molecule has 28 heavy (non-hydrogen) atoms. The average molecular weight is 398 g/mol. The molecule has 1 amide bonds. The Morgan fingerprint density at radius 2 is 2.18 bits per heavy atom. The number of hydrogen-bond donors (Lipinski definition) is 1. The van der Waals surface area contributed by atoms with Gasteiger partial charge in [-0.15, -0.1) is 11.3 Å². The molecule has 0 bridgehead atoms. The molecule has 1 aliphatic heterocycles. The summed E-state index contributed by atoms with van der Waals surface area (Å²) >= 11 is 1.29. The number of carbonyl (C=O) groups is 1. The van der Waals surface area contributed by atoms with E-state index in [2.05, 4.69) is 10.3 Å². The number of carbonyl (C=O) groups excluding carboxylic acids is 1. The minimum Gasteiger partial charge on any atom is -0.481 e. The topological polar surface area (TPSA) is 86.1 Å². The van der Waals surface area contributed by atoms with Crippen LogP contribution < -0.4 is 15.6 Å². The predicted molar refractivity (Wildman–Crippen MR) is 108 cm³/mol. The van der Waals surface area contributed by atoms with E-state index < -0.39 is 0 Å². The largest absolute Gasteiger partial charge is 0.481 e. The molecule has 3 aromatic heterocycles. The summed E-state index contributed by atoms with van der Waals surface area (Å²) in [5.41, 5.74) is 1.56. The molecular weight excluding hydrogens is 376 g/mol. The zero-order valence-electron chi connectivity index (χ0n) is 15.9. The number of nitrogens with zero attached hydrogens (tertiary/aromatic N) is 3.